The van der Waals surface area contributed by atoms with E-state index in [4.69, 9.17) is 22.1 Å². The van der Waals surface area contributed by atoms with E-state index < -0.39 is 23.9 Å². The number of carbonyl (C=O) groups excluding carboxylic acids is 2. The molecule has 5 nitrogen and oxygen atoms in total. The standard InChI is InChI=1S/C15H14ClFN2O3S/c16-11-5-1-3-9(13(11)17)8-19-14(20)12(22-15(18)21)7-10-4-2-6-23-10/h1-6,12H,7-8H2,(H2,18,21)(H,19,20). The van der Waals surface area contributed by atoms with Gasteiger partial charge in [-0.1, -0.05) is 29.8 Å². The largest absolute Gasteiger partial charge is 0.436 e. The number of thiophene rings is 1. The zero-order valence-corrected chi connectivity index (χ0v) is 13.5. The zero-order valence-electron chi connectivity index (χ0n) is 11.9. The van der Waals surface area contributed by atoms with Crippen LogP contribution in [0.4, 0.5) is 9.18 Å². The molecule has 1 aromatic heterocycles. The fraction of sp³-hybridized carbons (Fsp3) is 0.200. The van der Waals surface area contributed by atoms with Gasteiger partial charge in [0.1, 0.15) is 5.82 Å². The molecule has 8 heteroatoms. The van der Waals surface area contributed by atoms with E-state index in [0.717, 1.165) is 4.88 Å². The van der Waals surface area contributed by atoms with Crippen molar-refractivity contribution in [2.75, 3.05) is 0 Å². The molecule has 2 amide bonds. The summed E-state index contributed by atoms with van der Waals surface area (Å²) >= 11 is 7.11. The van der Waals surface area contributed by atoms with Gasteiger partial charge in [0.2, 0.25) is 0 Å². The van der Waals surface area contributed by atoms with Gasteiger partial charge in [-0.3, -0.25) is 4.79 Å². The summed E-state index contributed by atoms with van der Waals surface area (Å²) in [5.41, 5.74) is 5.23. The van der Waals surface area contributed by atoms with Gasteiger partial charge in [0.15, 0.2) is 6.10 Å². The van der Waals surface area contributed by atoms with Crippen LogP contribution in [0.3, 0.4) is 0 Å². The summed E-state index contributed by atoms with van der Waals surface area (Å²) in [5, 5.41) is 4.33. The van der Waals surface area contributed by atoms with Crippen LogP contribution in [-0.2, 0) is 22.5 Å². The molecule has 2 rings (SSSR count). The fourth-order valence-corrected chi connectivity index (χ4v) is 2.85. The predicted octanol–water partition coefficient (Wildman–Crippen LogP) is 2.86. The predicted molar refractivity (Wildman–Crippen MR) is 85.7 cm³/mol. The van der Waals surface area contributed by atoms with Crippen LogP contribution in [0.1, 0.15) is 10.4 Å². The molecule has 0 spiro atoms. The maximum atomic E-state index is 13.8. The Kier molecular flexibility index (Phi) is 5.95. The summed E-state index contributed by atoms with van der Waals surface area (Å²) < 4.78 is 18.6. The quantitative estimate of drug-likeness (QED) is 0.835. The summed E-state index contributed by atoms with van der Waals surface area (Å²) in [6.07, 6.45) is -1.92. The number of benzene rings is 1. The van der Waals surface area contributed by atoms with E-state index in [2.05, 4.69) is 5.32 Å². The summed E-state index contributed by atoms with van der Waals surface area (Å²) in [6, 6.07) is 8.13. The maximum Gasteiger partial charge on any atom is 0.405 e. The number of carbonyl (C=O) groups is 2. The van der Waals surface area contributed by atoms with Gasteiger partial charge >= 0.3 is 6.09 Å². The van der Waals surface area contributed by atoms with Gasteiger partial charge in [-0.05, 0) is 17.5 Å². The van der Waals surface area contributed by atoms with Crippen LogP contribution in [-0.4, -0.2) is 18.1 Å². The van der Waals surface area contributed by atoms with E-state index in [9.17, 15) is 14.0 Å². The van der Waals surface area contributed by atoms with Crippen LogP contribution in [0.25, 0.3) is 0 Å². The van der Waals surface area contributed by atoms with Crippen molar-refractivity contribution in [3.05, 3.63) is 57.0 Å². The highest BCUT2D eigenvalue weighted by atomic mass is 35.5. The molecule has 0 radical (unpaired) electrons. The van der Waals surface area contributed by atoms with Crippen LogP contribution >= 0.6 is 22.9 Å². The number of nitrogens with two attached hydrogens (primary N) is 1. The normalized spacial score (nSPS) is 11.7. The highest BCUT2D eigenvalue weighted by molar-refractivity contribution is 7.09. The smallest absolute Gasteiger partial charge is 0.405 e. The van der Waals surface area contributed by atoms with Crippen molar-refractivity contribution in [3.8, 4) is 0 Å². The first-order valence-electron chi connectivity index (χ1n) is 6.66. The molecule has 23 heavy (non-hydrogen) atoms. The van der Waals surface area contributed by atoms with E-state index >= 15 is 0 Å². The minimum Gasteiger partial charge on any atom is -0.436 e. The van der Waals surface area contributed by atoms with Crippen molar-refractivity contribution in [1.29, 1.82) is 0 Å². The monoisotopic (exact) mass is 356 g/mol. The first-order chi connectivity index (χ1) is 11.0. The Bertz CT molecular complexity index is 694. The fourth-order valence-electron chi connectivity index (χ4n) is 1.92. The van der Waals surface area contributed by atoms with Crippen molar-refractivity contribution >= 4 is 34.9 Å². The molecule has 1 heterocycles. The lowest BCUT2D eigenvalue weighted by molar-refractivity contribution is -0.129. The average Bonchev–Trinajstić information content (AvgIpc) is 3.00. The number of hydrogen-bond donors (Lipinski definition) is 2. The molecule has 1 atom stereocenters. The minimum atomic E-state index is -1.08. The lowest BCUT2D eigenvalue weighted by Crippen LogP contribution is -2.40. The summed E-state index contributed by atoms with van der Waals surface area (Å²) in [5.74, 6) is -1.16. The summed E-state index contributed by atoms with van der Waals surface area (Å²) in [7, 11) is 0. The lowest BCUT2D eigenvalue weighted by atomic mass is 10.2. The molecular weight excluding hydrogens is 343 g/mol. The zero-order chi connectivity index (χ0) is 16.8. The molecule has 0 aliphatic rings. The molecule has 0 aliphatic carbocycles. The second kappa shape index (κ2) is 7.94. The van der Waals surface area contributed by atoms with Crippen molar-refractivity contribution in [2.24, 2.45) is 5.73 Å². The molecule has 3 N–H and O–H groups in total. The average molecular weight is 357 g/mol. The molecule has 0 fully saturated rings. The molecule has 1 aromatic carbocycles. The third-order valence-electron chi connectivity index (χ3n) is 3.00. The number of amides is 2. The van der Waals surface area contributed by atoms with Crippen LogP contribution in [0.2, 0.25) is 5.02 Å². The SMILES string of the molecule is NC(=O)OC(Cc1cccs1)C(=O)NCc1cccc(Cl)c1F. The van der Waals surface area contributed by atoms with Gasteiger partial charge in [0, 0.05) is 23.4 Å². The number of hydrogen-bond acceptors (Lipinski definition) is 4. The van der Waals surface area contributed by atoms with E-state index in [1.807, 2.05) is 17.5 Å². The third-order valence-corrected chi connectivity index (χ3v) is 4.19. The Morgan fingerprint density at radius 2 is 2.13 bits per heavy atom. The van der Waals surface area contributed by atoms with Gasteiger partial charge < -0.3 is 15.8 Å². The second-order valence-electron chi connectivity index (χ2n) is 4.64. The molecule has 1 unspecified atom stereocenters. The van der Waals surface area contributed by atoms with E-state index in [-0.39, 0.29) is 23.6 Å². The van der Waals surface area contributed by atoms with E-state index in [0.29, 0.717) is 0 Å². The van der Waals surface area contributed by atoms with Gasteiger partial charge in [0.05, 0.1) is 5.02 Å². The number of halogens is 2. The Hall–Kier alpha value is -2.12. The van der Waals surface area contributed by atoms with Crippen LogP contribution in [0, 0.1) is 5.82 Å². The molecule has 0 saturated carbocycles. The molecule has 0 bridgehead atoms. The Morgan fingerprint density at radius 1 is 1.35 bits per heavy atom. The topological polar surface area (TPSA) is 81.4 Å². The number of nitrogens with one attached hydrogen (secondary N) is 1. The van der Waals surface area contributed by atoms with Crippen molar-refractivity contribution in [3.63, 3.8) is 0 Å². The Morgan fingerprint density at radius 3 is 2.78 bits per heavy atom. The molecule has 122 valence electrons. The molecule has 0 aliphatic heterocycles. The number of ether oxygens (including phenoxy) is 1. The lowest BCUT2D eigenvalue weighted by Gasteiger charge is -2.16. The van der Waals surface area contributed by atoms with Crippen molar-refractivity contribution < 1.29 is 18.7 Å². The van der Waals surface area contributed by atoms with Gasteiger partial charge in [0.25, 0.3) is 5.91 Å². The minimum absolute atomic E-state index is 0.0275. The van der Waals surface area contributed by atoms with Gasteiger partial charge in [-0.25, -0.2) is 9.18 Å². The number of primary amides is 1. The van der Waals surface area contributed by atoms with Gasteiger partial charge in [-0.15, -0.1) is 11.3 Å². The van der Waals surface area contributed by atoms with Crippen LogP contribution in [0.5, 0.6) is 0 Å². The third kappa shape index (κ3) is 4.94. The highest BCUT2D eigenvalue weighted by Crippen LogP contribution is 2.18. The first kappa shape index (κ1) is 17.2. The van der Waals surface area contributed by atoms with E-state index in [1.165, 1.54) is 23.5 Å². The summed E-state index contributed by atoms with van der Waals surface area (Å²) in [6.45, 7) is -0.0751. The Balaban J connectivity index is 2.02. The summed E-state index contributed by atoms with van der Waals surface area (Å²) in [4.78, 5) is 24.0. The van der Waals surface area contributed by atoms with E-state index in [1.54, 1.807) is 6.07 Å². The van der Waals surface area contributed by atoms with Crippen LogP contribution in [0.15, 0.2) is 35.7 Å². The van der Waals surface area contributed by atoms with Crippen LogP contribution < -0.4 is 11.1 Å². The number of rotatable bonds is 6. The molecular formula is C15H14ClFN2O3S. The first-order valence-corrected chi connectivity index (χ1v) is 7.92. The molecule has 0 saturated heterocycles. The van der Waals surface area contributed by atoms with Gasteiger partial charge in [-0.2, -0.15) is 0 Å². The van der Waals surface area contributed by atoms with Crippen molar-refractivity contribution in [2.45, 2.75) is 19.1 Å². The Labute approximate surface area is 141 Å². The van der Waals surface area contributed by atoms with Crippen molar-refractivity contribution in [1.82, 2.24) is 5.32 Å². The second-order valence-corrected chi connectivity index (χ2v) is 6.08. The highest BCUT2D eigenvalue weighted by Gasteiger charge is 2.23. The maximum absolute atomic E-state index is 13.8. The molecule has 2 aromatic rings.